The Hall–Kier alpha value is -1.33. The van der Waals surface area contributed by atoms with Crippen LogP contribution in [0.15, 0.2) is 11.0 Å². The van der Waals surface area contributed by atoms with E-state index in [1.165, 1.54) is 6.92 Å². The number of hydrogen-bond acceptors (Lipinski definition) is 2. The Bertz CT molecular complexity index is 341. The highest BCUT2D eigenvalue weighted by Gasteiger charge is 2.34. The molecular weight excluding hydrogens is 173 g/mol. The van der Waals surface area contributed by atoms with E-state index < -0.39 is 17.4 Å². The molecule has 3 nitrogen and oxygen atoms in total. The fraction of sp³-hybridized carbons (Fsp3) is 0.333. The molecule has 1 N–H and O–H groups in total. The summed E-state index contributed by atoms with van der Waals surface area (Å²) in [7, 11) is 0. The van der Waals surface area contributed by atoms with Crippen molar-refractivity contribution in [2.45, 2.75) is 13.1 Å². The maximum absolute atomic E-state index is 12.0. The van der Waals surface area contributed by atoms with Crippen molar-refractivity contribution in [3.63, 3.8) is 0 Å². The lowest BCUT2D eigenvalue weighted by Crippen LogP contribution is -2.18. The minimum Gasteiger partial charge on any atom is -0.316 e. The first-order valence-electron chi connectivity index (χ1n) is 3.04. The monoisotopic (exact) mass is 178 g/mol. The summed E-state index contributed by atoms with van der Waals surface area (Å²) in [6.07, 6.45) is -3.73. The zero-order valence-electron chi connectivity index (χ0n) is 6.07. The SMILES string of the molecule is Cc1ncc(=O)[nH]c1C(F)(F)F. The molecule has 0 bridgehead atoms. The standard InChI is InChI=1S/C6H5F3N2O/c1-3-5(6(7,8)9)11-4(12)2-10-3/h2H,1H3,(H,11,12). The molecule has 0 aromatic carbocycles. The van der Waals surface area contributed by atoms with Crippen LogP contribution in [0.2, 0.25) is 0 Å². The van der Waals surface area contributed by atoms with E-state index in [1.54, 1.807) is 4.98 Å². The van der Waals surface area contributed by atoms with E-state index in [9.17, 15) is 18.0 Å². The molecule has 12 heavy (non-hydrogen) atoms. The van der Waals surface area contributed by atoms with E-state index in [-0.39, 0.29) is 5.69 Å². The average Bonchev–Trinajstić information content (AvgIpc) is 1.92. The van der Waals surface area contributed by atoms with E-state index in [2.05, 4.69) is 4.98 Å². The number of nitrogens with zero attached hydrogens (tertiary/aromatic N) is 1. The van der Waals surface area contributed by atoms with Gasteiger partial charge in [0.2, 0.25) is 0 Å². The van der Waals surface area contributed by atoms with Gasteiger partial charge in [-0.1, -0.05) is 0 Å². The first-order valence-corrected chi connectivity index (χ1v) is 3.04. The van der Waals surface area contributed by atoms with Crippen LogP contribution in [0.3, 0.4) is 0 Å². The molecule has 66 valence electrons. The van der Waals surface area contributed by atoms with E-state index in [0.717, 1.165) is 6.20 Å². The second-order valence-corrected chi connectivity index (χ2v) is 2.21. The number of hydrogen-bond donors (Lipinski definition) is 1. The number of rotatable bonds is 0. The highest BCUT2D eigenvalue weighted by atomic mass is 19.4. The maximum Gasteiger partial charge on any atom is 0.433 e. The van der Waals surface area contributed by atoms with Crippen LogP contribution in [-0.4, -0.2) is 9.97 Å². The van der Waals surface area contributed by atoms with Gasteiger partial charge in [0.1, 0.15) is 5.69 Å². The molecule has 0 radical (unpaired) electrons. The first-order chi connectivity index (χ1) is 5.41. The van der Waals surface area contributed by atoms with Crippen LogP contribution in [0.4, 0.5) is 13.2 Å². The van der Waals surface area contributed by atoms with Gasteiger partial charge < -0.3 is 4.98 Å². The van der Waals surface area contributed by atoms with Crippen molar-refractivity contribution in [1.82, 2.24) is 9.97 Å². The average molecular weight is 178 g/mol. The van der Waals surface area contributed by atoms with Crippen LogP contribution in [0.5, 0.6) is 0 Å². The summed E-state index contributed by atoms with van der Waals surface area (Å²) in [5.74, 6) is 0. The van der Waals surface area contributed by atoms with Gasteiger partial charge in [0.25, 0.3) is 5.56 Å². The molecule has 0 amide bonds. The summed E-state index contributed by atoms with van der Waals surface area (Å²) in [6.45, 7) is 1.18. The molecule has 0 fully saturated rings. The van der Waals surface area contributed by atoms with Crippen molar-refractivity contribution in [2.24, 2.45) is 0 Å². The smallest absolute Gasteiger partial charge is 0.316 e. The largest absolute Gasteiger partial charge is 0.433 e. The van der Waals surface area contributed by atoms with E-state index in [0.29, 0.717) is 0 Å². The van der Waals surface area contributed by atoms with Gasteiger partial charge in [0.15, 0.2) is 0 Å². The van der Waals surface area contributed by atoms with Crippen molar-refractivity contribution >= 4 is 0 Å². The van der Waals surface area contributed by atoms with Crippen LogP contribution in [-0.2, 0) is 6.18 Å². The molecule has 1 aromatic rings. The van der Waals surface area contributed by atoms with Crippen LogP contribution in [0.1, 0.15) is 11.4 Å². The van der Waals surface area contributed by atoms with Crippen LogP contribution in [0.25, 0.3) is 0 Å². The van der Waals surface area contributed by atoms with E-state index >= 15 is 0 Å². The predicted octanol–water partition coefficient (Wildman–Crippen LogP) is 1.10. The van der Waals surface area contributed by atoms with Gasteiger partial charge in [0, 0.05) is 0 Å². The summed E-state index contributed by atoms with van der Waals surface area (Å²) in [5.41, 5.74) is -2.18. The van der Waals surface area contributed by atoms with E-state index in [1.807, 2.05) is 0 Å². The topological polar surface area (TPSA) is 45.8 Å². The van der Waals surface area contributed by atoms with Crippen molar-refractivity contribution in [1.29, 1.82) is 0 Å². The van der Waals surface area contributed by atoms with Gasteiger partial charge in [-0.2, -0.15) is 13.2 Å². The number of nitrogens with one attached hydrogen (secondary N) is 1. The molecule has 0 atom stereocenters. The van der Waals surface area contributed by atoms with Crippen LogP contribution in [0, 0.1) is 6.92 Å². The Balaban J connectivity index is 3.33. The normalized spacial score (nSPS) is 11.7. The van der Waals surface area contributed by atoms with Crippen molar-refractivity contribution in [3.05, 3.63) is 27.9 Å². The molecule has 1 rings (SSSR count). The Morgan fingerprint density at radius 1 is 1.50 bits per heavy atom. The van der Waals surface area contributed by atoms with E-state index in [4.69, 9.17) is 0 Å². The molecular formula is C6H5F3N2O. The van der Waals surface area contributed by atoms with Crippen molar-refractivity contribution < 1.29 is 13.2 Å². The Morgan fingerprint density at radius 3 is 2.50 bits per heavy atom. The fourth-order valence-electron chi connectivity index (χ4n) is 0.742. The quantitative estimate of drug-likeness (QED) is 0.646. The second-order valence-electron chi connectivity index (χ2n) is 2.21. The molecule has 1 heterocycles. The van der Waals surface area contributed by atoms with Gasteiger partial charge in [-0.05, 0) is 6.92 Å². The predicted molar refractivity (Wildman–Crippen MR) is 34.6 cm³/mol. The highest BCUT2D eigenvalue weighted by Crippen LogP contribution is 2.27. The zero-order chi connectivity index (χ0) is 9.35. The minimum atomic E-state index is -4.54. The molecule has 0 spiro atoms. The van der Waals surface area contributed by atoms with Crippen LogP contribution < -0.4 is 5.56 Å². The number of halogens is 3. The summed E-state index contributed by atoms with van der Waals surface area (Å²) < 4.78 is 36.1. The van der Waals surface area contributed by atoms with Crippen molar-refractivity contribution in [2.75, 3.05) is 0 Å². The lowest BCUT2D eigenvalue weighted by atomic mass is 10.3. The Kier molecular flexibility index (Phi) is 1.91. The number of aryl methyl sites for hydroxylation is 1. The number of aromatic nitrogens is 2. The zero-order valence-corrected chi connectivity index (χ0v) is 6.07. The third kappa shape index (κ3) is 1.63. The number of H-pyrrole nitrogens is 1. The first kappa shape index (κ1) is 8.76. The number of alkyl halides is 3. The molecule has 0 aliphatic carbocycles. The van der Waals surface area contributed by atoms with Gasteiger partial charge in [0.05, 0.1) is 11.9 Å². The molecule has 0 unspecified atom stereocenters. The summed E-state index contributed by atoms with van der Waals surface area (Å²) in [4.78, 5) is 15.4. The van der Waals surface area contributed by atoms with Crippen LogP contribution >= 0.6 is 0 Å². The molecule has 6 heteroatoms. The van der Waals surface area contributed by atoms with Crippen molar-refractivity contribution in [3.8, 4) is 0 Å². The second kappa shape index (κ2) is 2.62. The third-order valence-corrected chi connectivity index (χ3v) is 1.27. The molecule has 0 saturated heterocycles. The lowest BCUT2D eigenvalue weighted by molar-refractivity contribution is -0.142. The minimum absolute atomic E-state index is 0.234. The lowest BCUT2D eigenvalue weighted by Gasteiger charge is -2.07. The van der Waals surface area contributed by atoms with Gasteiger partial charge in [-0.25, -0.2) is 0 Å². The Labute approximate surface area is 65.3 Å². The third-order valence-electron chi connectivity index (χ3n) is 1.27. The summed E-state index contributed by atoms with van der Waals surface area (Å²) in [6, 6.07) is 0. The molecule has 0 saturated carbocycles. The highest BCUT2D eigenvalue weighted by molar-refractivity contribution is 5.11. The molecule has 0 aliphatic heterocycles. The molecule has 1 aromatic heterocycles. The fourth-order valence-corrected chi connectivity index (χ4v) is 0.742. The number of aromatic amines is 1. The van der Waals surface area contributed by atoms with Gasteiger partial charge in [-0.3, -0.25) is 9.78 Å². The summed E-state index contributed by atoms with van der Waals surface area (Å²) in [5, 5.41) is 0. The van der Waals surface area contributed by atoms with Gasteiger partial charge in [-0.15, -0.1) is 0 Å². The Morgan fingerprint density at radius 2 is 2.08 bits per heavy atom. The molecule has 0 aliphatic rings. The maximum atomic E-state index is 12.0. The summed E-state index contributed by atoms with van der Waals surface area (Å²) >= 11 is 0. The van der Waals surface area contributed by atoms with Gasteiger partial charge >= 0.3 is 6.18 Å².